The van der Waals surface area contributed by atoms with E-state index in [1.165, 1.54) is 11.8 Å². The lowest BCUT2D eigenvalue weighted by molar-refractivity contribution is 0.159. The van der Waals surface area contributed by atoms with E-state index in [0.29, 0.717) is 18.3 Å². The number of halogens is 1. The van der Waals surface area contributed by atoms with E-state index in [4.69, 9.17) is 16.3 Å². The van der Waals surface area contributed by atoms with Gasteiger partial charge in [0.1, 0.15) is 5.75 Å². The van der Waals surface area contributed by atoms with Crippen molar-refractivity contribution in [1.29, 1.82) is 0 Å². The maximum atomic E-state index is 11.5. The normalized spacial score (nSPS) is 20.4. The van der Waals surface area contributed by atoms with Gasteiger partial charge in [0.2, 0.25) is 0 Å². The van der Waals surface area contributed by atoms with Crippen LogP contribution in [0.4, 0.5) is 0 Å². The standard InChI is InChI=1S/C21H26ClNO4S/c1-28(25,26)21-7-5-20(6-8-21)27-15-17-12-19(14-24)23(13-17)10-9-16-3-2-4-18(22)11-16/h2-8,11,17,19,24H,9-10,12-15H2,1H3. The Morgan fingerprint density at radius 3 is 2.61 bits per heavy atom. The predicted molar refractivity (Wildman–Crippen MR) is 111 cm³/mol. The molecule has 3 rings (SSSR count). The minimum Gasteiger partial charge on any atom is -0.493 e. The maximum Gasteiger partial charge on any atom is 0.175 e. The number of hydrogen-bond donors (Lipinski definition) is 1. The zero-order valence-electron chi connectivity index (χ0n) is 15.9. The third kappa shape index (κ3) is 5.70. The number of likely N-dealkylation sites (tertiary alicyclic amines) is 1. The summed E-state index contributed by atoms with van der Waals surface area (Å²) in [4.78, 5) is 2.59. The fourth-order valence-electron chi connectivity index (χ4n) is 3.64. The topological polar surface area (TPSA) is 66.8 Å². The Morgan fingerprint density at radius 1 is 1.21 bits per heavy atom. The third-order valence-corrected chi connectivity index (χ3v) is 6.50. The van der Waals surface area contributed by atoms with Crippen LogP contribution in [0.3, 0.4) is 0 Å². The van der Waals surface area contributed by atoms with Crippen molar-refractivity contribution in [3.63, 3.8) is 0 Å². The van der Waals surface area contributed by atoms with Gasteiger partial charge in [-0.2, -0.15) is 0 Å². The largest absolute Gasteiger partial charge is 0.493 e. The summed E-state index contributed by atoms with van der Waals surface area (Å²) in [6.07, 6.45) is 2.96. The van der Waals surface area contributed by atoms with E-state index in [9.17, 15) is 13.5 Å². The molecule has 0 amide bonds. The molecule has 5 nitrogen and oxygen atoms in total. The van der Waals surface area contributed by atoms with Gasteiger partial charge in [0.15, 0.2) is 9.84 Å². The van der Waals surface area contributed by atoms with E-state index in [0.717, 1.165) is 31.0 Å². The van der Waals surface area contributed by atoms with Crippen LogP contribution in [0.15, 0.2) is 53.4 Å². The van der Waals surface area contributed by atoms with Gasteiger partial charge in [0.05, 0.1) is 18.1 Å². The van der Waals surface area contributed by atoms with E-state index in [1.54, 1.807) is 24.3 Å². The highest BCUT2D eigenvalue weighted by atomic mass is 35.5. The molecule has 28 heavy (non-hydrogen) atoms. The van der Waals surface area contributed by atoms with Crippen LogP contribution < -0.4 is 4.74 Å². The summed E-state index contributed by atoms with van der Waals surface area (Å²) in [5.74, 6) is 0.983. The quantitative estimate of drug-likeness (QED) is 0.706. The first-order valence-electron chi connectivity index (χ1n) is 9.37. The van der Waals surface area contributed by atoms with Crippen molar-refractivity contribution in [2.45, 2.75) is 23.8 Å². The molecule has 0 bridgehead atoms. The lowest BCUT2D eigenvalue weighted by atomic mass is 10.1. The van der Waals surface area contributed by atoms with Crippen molar-refractivity contribution in [2.75, 3.05) is 32.6 Å². The Kier molecular flexibility index (Phi) is 6.99. The predicted octanol–water partition coefficient (Wildman–Crippen LogP) is 3.05. The monoisotopic (exact) mass is 423 g/mol. The molecule has 1 N–H and O–H groups in total. The molecule has 0 radical (unpaired) electrons. The zero-order chi connectivity index (χ0) is 20.1. The third-order valence-electron chi connectivity index (χ3n) is 5.14. The van der Waals surface area contributed by atoms with Gasteiger partial charge in [0.25, 0.3) is 0 Å². The van der Waals surface area contributed by atoms with Gasteiger partial charge in [-0.25, -0.2) is 8.42 Å². The Bertz CT molecular complexity index is 886. The molecule has 0 spiro atoms. The minimum atomic E-state index is -3.20. The molecule has 7 heteroatoms. The number of sulfone groups is 1. The molecule has 2 atom stereocenters. The van der Waals surface area contributed by atoms with Gasteiger partial charge < -0.3 is 9.84 Å². The van der Waals surface area contributed by atoms with Crippen LogP contribution in [0, 0.1) is 5.92 Å². The van der Waals surface area contributed by atoms with Crippen LogP contribution in [0.5, 0.6) is 5.75 Å². The summed E-state index contributed by atoms with van der Waals surface area (Å²) in [5.41, 5.74) is 1.19. The van der Waals surface area contributed by atoms with Gasteiger partial charge in [-0.3, -0.25) is 4.90 Å². The Morgan fingerprint density at radius 2 is 1.96 bits per heavy atom. The number of aliphatic hydroxyl groups is 1. The average Bonchev–Trinajstić information content (AvgIpc) is 3.07. The number of nitrogens with zero attached hydrogens (tertiary/aromatic N) is 1. The van der Waals surface area contributed by atoms with Crippen LogP contribution in [0.1, 0.15) is 12.0 Å². The van der Waals surface area contributed by atoms with Gasteiger partial charge in [-0.15, -0.1) is 0 Å². The van der Waals surface area contributed by atoms with Gasteiger partial charge >= 0.3 is 0 Å². The Balaban J connectivity index is 1.51. The highest BCUT2D eigenvalue weighted by Crippen LogP contribution is 2.25. The van der Waals surface area contributed by atoms with Crippen LogP contribution in [-0.2, 0) is 16.3 Å². The molecule has 0 aromatic heterocycles. The second-order valence-corrected chi connectivity index (χ2v) is 9.82. The number of aliphatic hydroxyl groups excluding tert-OH is 1. The summed E-state index contributed by atoms with van der Waals surface area (Å²) < 4.78 is 28.9. The lowest BCUT2D eigenvalue weighted by Crippen LogP contribution is -2.34. The number of rotatable bonds is 8. The molecule has 0 saturated carbocycles. The van der Waals surface area contributed by atoms with Crippen molar-refractivity contribution >= 4 is 21.4 Å². The fraction of sp³-hybridized carbons (Fsp3) is 0.429. The molecule has 152 valence electrons. The zero-order valence-corrected chi connectivity index (χ0v) is 17.5. The SMILES string of the molecule is CS(=O)(=O)c1ccc(OCC2CC(CO)N(CCc3cccc(Cl)c3)C2)cc1. The van der Waals surface area contributed by atoms with Crippen molar-refractivity contribution < 1.29 is 18.3 Å². The average molecular weight is 424 g/mol. The maximum absolute atomic E-state index is 11.5. The first kappa shape index (κ1) is 21.1. The highest BCUT2D eigenvalue weighted by Gasteiger charge is 2.31. The van der Waals surface area contributed by atoms with E-state index < -0.39 is 9.84 Å². The molecule has 2 aromatic carbocycles. The summed E-state index contributed by atoms with van der Waals surface area (Å²) >= 11 is 6.05. The molecule has 2 aromatic rings. The van der Waals surface area contributed by atoms with E-state index in [-0.39, 0.29) is 17.5 Å². The molecule has 1 saturated heterocycles. The van der Waals surface area contributed by atoms with Gasteiger partial charge in [-0.1, -0.05) is 23.7 Å². The molecule has 1 heterocycles. The van der Waals surface area contributed by atoms with Crippen LogP contribution in [0.2, 0.25) is 5.02 Å². The summed E-state index contributed by atoms with van der Waals surface area (Å²) in [6, 6.07) is 14.5. The Labute approximate surface area is 171 Å². The molecule has 1 aliphatic rings. The number of ether oxygens (including phenoxy) is 1. The number of hydrogen-bond acceptors (Lipinski definition) is 5. The summed E-state index contributed by atoms with van der Waals surface area (Å²) in [6.45, 7) is 2.41. The van der Waals surface area contributed by atoms with Crippen molar-refractivity contribution in [3.8, 4) is 5.75 Å². The molecular weight excluding hydrogens is 398 g/mol. The molecule has 0 aliphatic carbocycles. The lowest BCUT2D eigenvalue weighted by Gasteiger charge is -2.22. The molecule has 1 aliphatic heterocycles. The molecule has 1 fully saturated rings. The highest BCUT2D eigenvalue weighted by molar-refractivity contribution is 7.90. The first-order valence-corrected chi connectivity index (χ1v) is 11.6. The van der Waals surface area contributed by atoms with Gasteiger partial charge in [-0.05, 0) is 54.8 Å². The van der Waals surface area contributed by atoms with E-state index in [2.05, 4.69) is 11.0 Å². The Hall–Kier alpha value is -1.60. The second kappa shape index (κ2) is 9.27. The summed E-state index contributed by atoms with van der Waals surface area (Å²) in [5, 5.41) is 10.5. The van der Waals surface area contributed by atoms with Gasteiger partial charge in [0, 0.05) is 36.3 Å². The summed E-state index contributed by atoms with van der Waals surface area (Å²) in [7, 11) is -3.20. The number of benzene rings is 2. The smallest absolute Gasteiger partial charge is 0.175 e. The van der Waals surface area contributed by atoms with Crippen molar-refractivity contribution in [2.24, 2.45) is 5.92 Å². The first-order chi connectivity index (χ1) is 13.3. The molecular formula is C21H26ClNO4S. The van der Waals surface area contributed by atoms with Crippen molar-refractivity contribution in [3.05, 3.63) is 59.1 Å². The van der Waals surface area contributed by atoms with Crippen LogP contribution >= 0.6 is 11.6 Å². The van der Waals surface area contributed by atoms with E-state index in [1.807, 2.05) is 18.2 Å². The molecule has 2 unspecified atom stereocenters. The van der Waals surface area contributed by atoms with Crippen LogP contribution in [0.25, 0.3) is 0 Å². The minimum absolute atomic E-state index is 0.134. The fourth-order valence-corrected chi connectivity index (χ4v) is 4.48. The second-order valence-electron chi connectivity index (χ2n) is 7.37. The van der Waals surface area contributed by atoms with Crippen molar-refractivity contribution in [1.82, 2.24) is 4.90 Å². The van der Waals surface area contributed by atoms with E-state index >= 15 is 0 Å². The van der Waals surface area contributed by atoms with Crippen LogP contribution in [-0.4, -0.2) is 57.0 Å².